The normalized spacial score (nSPS) is 19.5. The molecule has 0 amide bonds. The Balaban J connectivity index is 1.48. The number of ketones is 1. The van der Waals surface area contributed by atoms with E-state index in [4.69, 9.17) is 4.74 Å². The molecule has 37 heavy (non-hydrogen) atoms. The molecule has 0 aromatic heterocycles. The van der Waals surface area contributed by atoms with Crippen molar-refractivity contribution in [2.75, 3.05) is 17.2 Å². The quantitative estimate of drug-likeness (QED) is 0.377. The first-order valence-corrected chi connectivity index (χ1v) is 13.4. The van der Waals surface area contributed by atoms with E-state index in [1.807, 2.05) is 24.3 Å². The maximum absolute atomic E-state index is 13.8. The third-order valence-electron chi connectivity index (χ3n) is 7.35. The van der Waals surface area contributed by atoms with E-state index in [2.05, 4.69) is 93.8 Å². The average molecular weight is 495 g/mol. The number of hydrogen-bond acceptors (Lipinski definition) is 4. The van der Waals surface area contributed by atoms with Crippen molar-refractivity contribution in [3.63, 3.8) is 0 Å². The monoisotopic (exact) mass is 494 g/mol. The molecule has 1 heterocycles. The largest absolute Gasteiger partial charge is 0.493 e. The number of fused-ring (bicyclic) bond motifs is 1. The standard InChI is InChI=1S/C33H38N2O2/c1-21(2)20-37-26-16-12-22(13-17-26)24-18-29-31(30(36)19-24)32(35-28-9-7-6-8-27(28)34-29)23-10-14-25(15-11-23)33(3,4)5/h6-17,21,24,32,34-35H,18-20H2,1-5H3. The van der Waals surface area contributed by atoms with Gasteiger partial charge < -0.3 is 15.4 Å². The van der Waals surface area contributed by atoms with E-state index in [-0.39, 0.29) is 23.2 Å². The Morgan fingerprint density at radius 3 is 2.16 bits per heavy atom. The van der Waals surface area contributed by atoms with Gasteiger partial charge in [0, 0.05) is 17.7 Å². The molecule has 0 saturated heterocycles. The summed E-state index contributed by atoms with van der Waals surface area (Å²) in [5, 5.41) is 7.33. The van der Waals surface area contributed by atoms with Crippen LogP contribution in [0.3, 0.4) is 0 Å². The van der Waals surface area contributed by atoms with Gasteiger partial charge in [0.2, 0.25) is 0 Å². The first-order valence-electron chi connectivity index (χ1n) is 13.4. The van der Waals surface area contributed by atoms with E-state index in [9.17, 15) is 4.79 Å². The van der Waals surface area contributed by atoms with Gasteiger partial charge in [-0.1, -0.05) is 83.1 Å². The van der Waals surface area contributed by atoms with Gasteiger partial charge in [-0.05, 0) is 64.6 Å². The van der Waals surface area contributed by atoms with Gasteiger partial charge in [0.25, 0.3) is 0 Å². The minimum atomic E-state index is -0.194. The van der Waals surface area contributed by atoms with Crippen molar-refractivity contribution in [2.45, 2.75) is 64.8 Å². The summed E-state index contributed by atoms with van der Waals surface area (Å²) in [6.45, 7) is 11.7. The Kier molecular flexibility index (Phi) is 6.85. The van der Waals surface area contributed by atoms with Gasteiger partial charge in [0.15, 0.2) is 5.78 Å². The van der Waals surface area contributed by atoms with Gasteiger partial charge in [-0.15, -0.1) is 0 Å². The van der Waals surface area contributed by atoms with Crippen LogP contribution >= 0.6 is 0 Å². The fourth-order valence-corrected chi connectivity index (χ4v) is 5.25. The maximum atomic E-state index is 13.8. The predicted molar refractivity (Wildman–Crippen MR) is 152 cm³/mol. The molecule has 5 rings (SSSR count). The Labute approximate surface area is 221 Å². The van der Waals surface area contributed by atoms with E-state index < -0.39 is 0 Å². The number of carbonyl (C=O) groups excluding carboxylic acids is 1. The van der Waals surface area contributed by atoms with Crippen LogP contribution in [0.4, 0.5) is 11.4 Å². The topological polar surface area (TPSA) is 50.4 Å². The van der Waals surface area contributed by atoms with Crippen molar-refractivity contribution in [3.8, 4) is 5.75 Å². The van der Waals surface area contributed by atoms with Crippen molar-refractivity contribution in [3.05, 3.63) is 101 Å². The third-order valence-corrected chi connectivity index (χ3v) is 7.35. The maximum Gasteiger partial charge on any atom is 0.163 e. The second kappa shape index (κ2) is 10.1. The van der Waals surface area contributed by atoms with Crippen LogP contribution in [0.1, 0.15) is 76.1 Å². The summed E-state index contributed by atoms with van der Waals surface area (Å²) in [5.41, 5.74) is 7.54. The van der Waals surface area contributed by atoms with Crippen LogP contribution in [0, 0.1) is 5.92 Å². The minimum Gasteiger partial charge on any atom is -0.493 e. The minimum absolute atomic E-state index is 0.0806. The van der Waals surface area contributed by atoms with Crippen molar-refractivity contribution in [2.24, 2.45) is 5.92 Å². The van der Waals surface area contributed by atoms with Crippen LogP contribution < -0.4 is 15.4 Å². The molecule has 2 unspecified atom stereocenters. The molecule has 4 heteroatoms. The van der Waals surface area contributed by atoms with E-state index in [1.165, 1.54) is 11.1 Å². The molecule has 0 radical (unpaired) electrons. The number of carbonyl (C=O) groups is 1. The van der Waals surface area contributed by atoms with Gasteiger partial charge in [-0.25, -0.2) is 0 Å². The highest BCUT2D eigenvalue weighted by atomic mass is 16.5. The highest BCUT2D eigenvalue weighted by Crippen LogP contribution is 2.44. The van der Waals surface area contributed by atoms with Crippen LogP contribution in [-0.2, 0) is 10.2 Å². The zero-order chi connectivity index (χ0) is 26.2. The second-order valence-corrected chi connectivity index (χ2v) is 11.8. The lowest BCUT2D eigenvalue weighted by molar-refractivity contribution is -0.116. The zero-order valence-corrected chi connectivity index (χ0v) is 22.6. The van der Waals surface area contributed by atoms with Crippen LogP contribution in [0.15, 0.2) is 84.1 Å². The lowest BCUT2D eigenvalue weighted by Gasteiger charge is -2.30. The number of rotatable bonds is 5. The summed E-state index contributed by atoms with van der Waals surface area (Å²) in [4.78, 5) is 13.8. The molecule has 1 aliphatic carbocycles. The molecule has 2 N–H and O–H groups in total. The number of allylic oxidation sites excluding steroid dienone is 1. The number of Topliss-reactive ketones (excluding diaryl/α,β-unsaturated/α-hetero) is 1. The molecule has 3 aromatic carbocycles. The predicted octanol–water partition coefficient (Wildman–Crippen LogP) is 8.00. The third kappa shape index (κ3) is 5.44. The van der Waals surface area contributed by atoms with Crippen molar-refractivity contribution < 1.29 is 9.53 Å². The molecule has 0 spiro atoms. The smallest absolute Gasteiger partial charge is 0.163 e. The van der Waals surface area contributed by atoms with E-state index in [0.29, 0.717) is 18.9 Å². The Bertz CT molecular complexity index is 1300. The van der Waals surface area contributed by atoms with Crippen molar-refractivity contribution >= 4 is 17.2 Å². The summed E-state index contributed by atoms with van der Waals surface area (Å²) in [5.74, 6) is 1.69. The lowest BCUT2D eigenvalue weighted by Crippen LogP contribution is -2.27. The van der Waals surface area contributed by atoms with E-state index in [0.717, 1.165) is 40.4 Å². The summed E-state index contributed by atoms with van der Waals surface area (Å²) in [6.07, 6.45) is 1.29. The summed E-state index contributed by atoms with van der Waals surface area (Å²) in [6, 6.07) is 25.1. The Hall–Kier alpha value is -3.53. The molecule has 4 nitrogen and oxygen atoms in total. The van der Waals surface area contributed by atoms with Crippen molar-refractivity contribution in [1.29, 1.82) is 0 Å². The molecular formula is C33H38N2O2. The van der Waals surface area contributed by atoms with Gasteiger partial charge in [0.1, 0.15) is 5.75 Å². The number of para-hydroxylation sites is 2. The van der Waals surface area contributed by atoms with Gasteiger partial charge in [-0.3, -0.25) is 4.79 Å². The first kappa shape index (κ1) is 25.1. The highest BCUT2D eigenvalue weighted by molar-refractivity contribution is 6.01. The fourth-order valence-electron chi connectivity index (χ4n) is 5.25. The van der Waals surface area contributed by atoms with Crippen molar-refractivity contribution in [1.82, 2.24) is 0 Å². The SMILES string of the molecule is CC(C)COc1ccc(C2CC(=O)C3=C(C2)Nc2ccccc2NC3c2ccc(C(C)(C)C)cc2)cc1. The number of benzene rings is 3. The van der Waals surface area contributed by atoms with E-state index >= 15 is 0 Å². The molecular weight excluding hydrogens is 456 g/mol. The average Bonchev–Trinajstić information content (AvgIpc) is 3.04. The highest BCUT2D eigenvalue weighted by Gasteiger charge is 2.36. The Morgan fingerprint density at radius 1 is 0.865 bits per heavy atom. The first-order chi connectivity index (χ1) is 17.7. The van der Waals surface area contributed by atoms with Crippen LogP contribution in [0.2, 0.25) is 0 Å². The van der Waals surface area contributed by atoms with Crippen LogP contribution in [-0.4, -0.2) is 12.4 Å². The van der Waals surface area contributed by atoms with E-state index in [1.54, 1.807) is 0 Å². The number of anilines is 2. The molecule has 0 fully saturated rings. The number of hydrogen-bond donors (Lipinski definition) is 2. The molecule has 3 aromatic rings. The number of nitrogens with one attached hydrogen (secondary N) is 2. The van der Waals surface area contributed by atoms with Crippen LogP contribution in [0.25, 0.3) is 0 Å². The van der Waals surface area contributed by atoms with Gasteiger partial charge >= 0.3 is 0 Å². The van der Waals surface area contributed by atoms with Crippen LogP contribution in [0.5, 0.6) is 5.75 Å². The van der Waals surface area contributed by atoms with Gasteiger partial charge in [-0.2, -0.15) is 0 Å². The lowest BCUT2D eigenvalue weighted by atomic mass is 9.78. The Morgan fingerprint density at radius 2 is 1.51 bits per heavy atom. The van der Waals surface area contributed by atoms with Gasteiger partial charge in [0.05, 0.1) is 24.0 Å². The summed E-state index contributed by atoms with van der Waals surface area (Å²) in [7, 11) is 0. The second-order valence-electron chi connectivity index (χ2n) is 11.8. The molecule has 192 valence electrons. The molecule has 0 bridgehead atoms. The molecule has 0 saturated carbocycles. The summed E-state index contributed by atoms with van der Waals surface area (Å²) < 4.78 is 5.87. The number of ether oxygens (including phenoxy) is 1. The molecule has 2 aliphatic rings. The summed E-state index contributed by atoms with van der Waals surface area (Å²) >= 11 is 0. The molecule has 1 aliphatic heterocycles. The fraction of sp³-hybridized carbons (Fsp3) is 0.364. The molecule has 2 atom stereocenters. The zero-order valence-electron chi connectivity index (χ0n) is 22.6.